The van der Waals surface area contributed by atoms with E-state index in [9.17, 15) is 4.79 Å². The molecule has 11 heavy (non-hydrogen) atoms. The molecule has 1 aliphatic rings. The number of hydrogen-bond acceptors (Lipinski definition) is 1. The second-order valence-corrected chi connectivity index (χ2v) is 3.56. The Labute approximate surface area is 67.9 Å². The van der Waals surface area contributed by atoms with Crippen LogP contribution in [0.1, 0.15) is 20.3 Å². The van der Waals surface area contributed by atoms with Crippen LogP contribution in [0.4, 0.5) is 0 Å². The molecule has 0 bridgehead atoms. The van der Waals surface area contributed by atoms with Gasteiger partial charge in [-0.25, -0.2) is 0 Å². The van der Waals surface area contributed by atoms with Gasteiger partial charge in [0.1, 0.15) is 0 Å². The average molecular weight is 153 g/mol. The first-order chi connectivity index (χ1) is 5.11. The van der Waals surface area contributed by atoms with Crippen molar-refractivity contribution in [2.75, 3.05) is 13.1 Å². The van der Waals surface area contributed by atoms with Crippen molar-refractivity contribution in [1.82, 2.24) is 4.90 Å². The summed E-state index contributed by atoms with van der Waals surface area (Å²) in [5, 5.41) is 0. The minimum Gasteiger partial charge on any atom is -0.338 e. The van der Waals surface area contributed by atoms with Crippen molar-refractivity contribution < 1.29 is 4.79 Å². The van der Waals surface area contributed by atoms with Crippen LogP contribution in [0, 0.1) is 5.41 Å². The highest BCUT2D eigenvalue weighted by Gasteiger charge is 2.38. The third-order valence-corrected chi connectivity index (χ3v) is 2.49. The van der Waals surface area contributed by atoms with Crippen LogP contribution in [0.2, 0.25) is 0 Å². The zero-order valence-electron chi connectivity index (χ0n) is 7.26. The van der Waals surface area contributed by atoms with E-state index in [0.29, 0.717) is 5.41 Å². The van der Waals surface area contributed by atoms with E-state index in [1.54, 1.807) is 0 Å². The van der Waals surface area contributed by atoms with Crippen molar-refractivity contribution in [1.29, 1.82) is 0 Å². The van der Waals surface area contributed by atoms with Crippen molar-refractivity contribution in [3.05, 3.63) is 12.7 Å². The molecule has 0 aromatic rings. The molecule has 0 aromatic carbocycles. The molecule has 0 aliphatic carbocycles. The summed E-state index contributed by atoms with van der Waals surface area (Å²) >= 11 is 0. The van der Waals surface area contributed by atoms with Crippen LogP contribution >= 0.6 is 0 Å². The Bertz CT molecular complexity index is 180. The number of nitrogens with zero attached hydrogens (tertiary/aromatic N) is 1. The summed E-state index contributed by atoms with van der Waals surface area (Å²) in [6.07, 6.45) is 2.53. The highest BCUT2D eigenvalue weighted by molar-refractivity contribution is 5.87. The number of hydrogen-bond donors (Lipinski definition) is 0. The Balaban J connectivity index is 2.40. The first-order valence-electron chi connectivity index (χ1n) is 4.02. The van der Waals surface area contributed by atoms with E-state index in [2.05, 4.69) is 20.4 Å². The van der Waals surface area contributed by atoms with Crippen molar-refractivity contribution in [2.24, 2.45) is 5.41 Å². The highest BCUT2D eigenvalue weighted by atomic mass is 16.2. The van der Waals surface area contributed by atoms with Crippen LogP contribution in [0.15, 0.2) is 12.7 Å². The van der Waals surface area contributed by atoms with Crippen molar-refractivity contribution in [3.63, 3.8) is 0 Å². The van der Waals surface area contributed by atoms with E-state index in [1.807, 2.05) is 4.90 Å². The fraction of sp³-hybridized carbons (Fsp3) is 0.667. The summed E-state index contributed by atoms with van der Waals surface area (Å²) in [5.74, 6) is 0.0657. The zero-order valence-corrected chi connectivity index (χ0v) is 7.26. The molecule has 1 amide bonds. The van der Waals surface area contributed by atoms with Crippen molar-refractivity contribution in [2.45, 2.75) is 20.3 Å². The summed E-state index contributed by atoms with van der Waals surface area (Å²) in [4.78, 5) is 12.8. The maximum absolute atomic E-state index is 11.0. The molecule has 1 heterocycles. The third kappa shape index (κ3) is 1.44. The Morgan fingerprint density at radius 1 is 1.73 bits per heavy atom. The van der Waals surface area contributed by atoms with Gasteiger partial charge < -0.3 is 4.90 Å². The fourth-order valence-corrected chi connectivity index (χ4v) is 1.38. The van der Waals surface area contributed by atoms with Crippen LogP contribution in [0.5, 0.6) is 0 Å². The minimum absolute atomic E-state index is 0.0657. The number of likely N-dealkylation sites (tertiary alicyclic amines) is 1. The van der Waals surface area contributed by atoms with Gasteiger partial charge >= 0.3 is 0 Å². The lowest BCUT2D eigenvalue weighted by molar-refractivity contribution is -0.137. The summed E-state index contributed by atoms with van der Waals surface area (Å²) in [6.45, 7) is 9.61. The molecule has 0 unspecified atom stereocenters. The minimum atomic E-state index is 0.0657. The van der Waals surface area contributed by atoms with Gasteiger partial charge in [0.25, 0.3) is 0 Å². The summed E-state index contributed by atoms with van der Waals surface area (Å²) < 4.78 is 0. The molecule has 0 spiro atoms. The largest absolute Gasteiger partial charge is 0.338 e. The molecular weight excluding hydrogens is 138 g/mol. The Hall–Kier alpha value is -0.790. The Morgan fingerprint density at radius 2 is 2.27 bits per heavy atom. The molecule has 1 saturated heterocycles. The lowest BCUT2D eigenvalue weighted by Crippen LogP contribution is -2.56. The number of amides is 1. The lowest BCUT2D eigenvalue weighted by Gasteiger charge is -2.47. The van der Waals surface area contributed by atoms with Gasteiger partial charge in [-0.2, -0.15) is 0 Å². The lowest BCUT2D eigenvalue weighted by atomic mass is 9.79. The molecule has 0 atom stereocenters. The summed E-state index contributed by atoms with van der Waals surface area (Å²) in [5.41, 5.74) is 0.374. The van der Waals surface area contributed by atoms with E-state index >= 15 is 0 Å². The van der Waals surface area contributed by atoms with Crippen LogP contribution < -0.4 is 0 Å². The van der Waals surface area contributed by atoms with E-state index in [1.165, 1.54) is 6.08 Å². The average Bonchev–Trinajstić information content (AvgIpc) is 1.97. The Kier molecular flexibility index (Phi) is 2.03. The SMILES string of the molecule is C=CC(=O)N1CC(C)(CC)C1. The molecule has 2 heteroatoms. The zero-order chi connectivity index (χ0) is 8.48. The highest BCUT2D eigenvalue weighted by Crippen LogP contribution is 2.32. The fourth-order valence-electron chi connectivity index (χ4n) is 1.38. The van der Waals surface area contributed by atoms with Crippen LogP contribution in [-0.4, -0.2) is 23.9 Å². The van der Waals surface area contributed by atoms with E-state index in [-0.39, 0.29) is 5.91 Å². The van der Waals surface area contributed by atoms with Crippen molar-refractivity contribution >= 4 is 5.91 Å². The molecule has 62 valence electrons. The molecule has 0 N–H and O–H groups in total. The third-order valence-electron chi connectivity index (χ3n) is 2.49. The molecule has 1 rings (SSSR count). The molecule has 1 aliphatic heterocycles. The molecule has 0 saturated carbocycles. The molecule has 0 radical (unpaired) electrons. The normalized spacial score (nSPS) is 20.7. The van der Waals surface area contributed by atoms with Crippen LogP contribution in [0.25, 0.3) is 0 Å². The molecule has 1 fully saturated rings. The first-order valence-corrected chi connectivity index (χ1v) is 4.02. The maximum atomic E-state index is 11.0. The number of rotatable bonds is 2. The Morgan fingerprint density at radius 3 is 2.64 bits per heavy atom. The maximum Gasteiger partial charge on any atom is 0.245 e. The van der Waals surface area contributed by atoms with Crippen molar-refractivity contribution in [3.8, 4) is 0 Å². The van der Waals surface area contributed by atoms with Gasteiger partial charge in [0.05, 0.1) is 0 Å². The smallest absolute Gasteiger partial charge is 0.245 e. The van der Waals surface area contributed by atoms with Gasteiger partial charge in [0.2, 0.25) is 5.91 Å². The number of carbonyl (C=O) groups excluding carboxylic acids is 1. The molecule has 0 aromatic heterocycles. The van der Waals surface area contributed by atoms with E-state index in [0.717, 1.165) is 19.5 Å². The van der Waals surface area contributed by atoms with Gasteiger partial charge in [0, 0.05) is 18.5 Å². The predicted octanol–water partition coefficient (Wildman–Crippen LogP) is 1.43. The van der Waals surface area contributed by atoms with E-state index < -0.39 is 0 Å². The van der Waals surface area contributed by atoms with Gasteiger partial charge in [-0.1, -0.05) is 20.4 Å². The van der Waals surface area contributed by atoms with E-state index in [4.69, 9.17) is 0 Å². The van der Waals surface area contributed by atoms with Crippen LogP contribution in [-0.2, 0) is 4.79 Å². The molecule has 2 nitrogen and oxygen atoms in total. The predicted molar refractivity (Wildman–Crippen MR) is 45.2 cm³/mol. The molecular formula is C9H15NO. The van der Waals surface area contributed by atoms with Gasteiger partial charge in [-0.15, -0.1) is 0 Å². The number of carbonyl (C=O) groups is 1. The monoisotopic (exact) mass is 153 g/mol. The standard InChI is InChI=1S/C9H15NO/c1-4-8(11)10-6-9(3,5-2)7-10/h4H,1,5-7H2,2-3H3. The summed E-state index contributed by atoms with van der Waals surface area (Å²) in [7, 11) is 0. The first kappa shape index (κ1) is 8.31. The van der Waals surface area contributed by atoms with Gasteiger partial charge in [0.15, 0.2) is 0 Å². The van der Waals surface area contributed by atoms with Crippen LogP contribution in [0.3, 0.4) is 0 Å². The topological polar surface area (TPSA) is 20.3 Å². The second-order valence-electron chi connectivity index (χ2n) is 3.56. The second kappa shape index (κ2) is 2.68. The quantitative estimate of drug-likeness (QED) is 0.549. The summed E-state index contributed by atoms with van der Waals surface area (Å²) in [6, 6.07) is 0. The van der Waals surface area contributed by atoms with Gasteiger partial charge in [-0.05, 0) is 12.5 Å². The van der Waals surface area contributed by atoms with Gasteiger partial charge in [-0.3, -0.25) is 4.79 Å².